The summed E-state index contributed by atoms with van der Waals surface area (Å²) >= 11 is 0. The number of carbonyl (C=O) groups excluding carboxylic acids is 1. The van der Waals surface area contributed by atoms with Crippen LogP contribution in [0.3, 0.4) is 0 Å². The van der Waals surface area contributed by atoms with Gasteiger partial charge in [0.25, 0.3) is 15.9 Å². The lowest BCUT2D eigenvalue weighted by atomic mass is 9.99. The molecule has 3 aromatic rings. The molecule has 3 atom stereocenters. The number of para-hydroxylation sites is 1. The van der Waals surface area contributed by atoms with E-state index in [4.69, 9.17) is 9.26 Å². The van der Waals surface area contributed by atoms with E-state index in [2.05, 4.69) is 26.9 Å². The van der Waals surface area contributed by atoms with E-state index < -0.39 is 16.1 Å². The molecule has 11 heteroatoms. The number of rotatable bonds is 9. The topological polar surface area (TPSA) is 125 Å². The number of benzene rings is 2. The van der Waals surface area contributed by atoms with Crippen LogP contribution in [0.25, 0.3) is 0 Å². The molecule has 10 nitrogen and oxygen atoms in total. The fraction of sp³-hybridized carbons (Fsp3) is 0.429. The van der Waals surface area contributed by atoms with Crippen molar-refractivity contribution in [2.24, 2.45) is 5.92 Å². The molecule has 0 aliphatic carbocycles. The number of hydrogen-bond acceptors (Lipinski definition) is 8. The zero-order chi connectivity index (χ0) is 28.3. The summed E-state index contributed by atoms with van der Waals surface area (Å²) in [5.74, 6) is -0.153. The summed E-state index contributed by atoms with van der Waals surface area (Å²) in [7, 11) is -2.10. The number of sulfonamides is 1. The summed E-state index contributed by atoms with van der Waals surface area (Å²) in [6.45, 7) is 8.24. The zero-order valence-electron chi connectivity index (χ0n) is 22.9. The maximum atomic E-state index is 13.7. The first-order valence-electron chi connectivity index (χ1n) is 12.9. The molecule has 1 aliphatic heterocycles. The average Bonchev–Trinajstić information content (AvgIpc) is 3.25. The van der Waals surface area contributed by atoms with E-state index in [1.807, 2.05) is 32.2 Å². The molecule has 1 aromatic heterocycles. The molecule has 0 fully saturated rings. The molecule has 0 radical (unpaired) electrons. The molecule has 2 aromatic carbocycles. The smallest absolute Gasteiger partial charge is 0.267 e. The Morgan fingerprint density at radius 1 is 1.18 bits per heavy atom. The molecule has 0 spiro atoms. The fourth-order valence-corrected chi connectivity index (χ4v) is 6.26. The average molecular weight is 557 g/mol. The van der Waals surface area contributed by atoms with Gasteiger partial charge in [0.1, 0.15) is 11.8 Å². The summed E-state index contributed by atoms with van der Waals surface area (Å²) < 4.78 is 40.9. The van der Waals surface area contributed by atoms with Gasteiger partial charge in [0, 0.05) is 25.6 Å². The second kappa shape index (κ2) is 11.8. The van der Waals surface area contributed by atoms with E-state index in [-0.39, 0.29) is 57.9 Å². The van der Waals surface area contributed by atoms with Gasteiger partial charge in [0.2, 0.25) is 0 Å². The minimum atomic E-state index is -4.09. The maximum absolute atomic E-state index is 13.7. The normalized spacial score (nSPS) is 18.7. The van der Waals surface area contributed by atoms with Crippen LogP contribution in [0.4, 0.5) is 5.69 Å². The van der Waals surface area contributed by atoms with Crippen LogP contribution in [-0.4, -0.2) is 73.3 Å². The second-order valence-corrected chi connectivity index (χ2v) is 11.9. The van der Waals surface area contributed by atoms with Crippen molar-refractivity contribution in [3.63, 3.8) is 0 Å². The summed E-state index contributed by atoms with van der Waals surface area (Å²) in [5, 5.41) is 13.7. The van der Waals surface area contributed by atoms with Crippen LogP contribution in [0.2, 0.25) is 0 Å². The highest BCUT2D eigenvalue weighted by Gasteiger charge is 2.35. The van der Waals surface area contributed by atoms with Crippen LogP contribution < -0.4 is 9.46 Å². The van der Waals surface area contributed by atoms with E-state index in [0.717, 1.165) is 5.56 Å². The van der Waals surface area contributed by atoms with Gasteiger partial charge in [-0.2, -0.15) is 0 Å². The van der Waals surface area contributed by atoms with Crippen molar-refractivity contribution in [3.05, 3.63) is 71.1 Å². The number of aliphatic hydroxyl groups excluding tert-OH is 1. The lowest BCUT2D eigenvalue weighted by Gasteiger charge is -2.38. The lowest BCUT2D eigenvalue weighted by molar-refractivity contribution is 0.0344. The third kappa shape index (κ3) is 6.26. The molecule has 1 amide bonds. The molecule has 0 saturated carbocycles. The summed E-state index contributed by atoms with van der Waals surface area (Å²) in [5.41, 5.74) is 1.74. The molecular formula is C28H36N4O6S. The largest absolute Gasteiger partial charge is 0.486 e. The molecule has 0 unspecified atom stereocenters. The first-order chi connectivity index (χ1) is 18.5. The Morgan fingerprint density at radius 3 is 2.54 bits per heavy atom. The number of nitrogens with one attached hydrogen (secondary N) is 1. The highest BCUT2D eigenvalue weighted by Crippen LogP contribution is 2.36. The monoisotopic (exact) mass is 556 g/mol. The first-order valence-corrected chi connectivity index (χ1v) is 14.4. The number of hydrogen-bond donors (Lipinski definition) is 2. The number of anilines is 1. The SMILES string of the molecule is Cc1noc(C)c1S(=O)(=O)Nc1cccc2c1O[C@@H](CN(C)Cc1ccccc1)[C@@H](C)CN([C@H](C)CO)C2=O. The standard InChI is InChI=1S/C28H36N4O6S/c1-18-14-32(19(2)17-33)28(34)23-12-9-13-24(30-39(35,36)27-20(3)29-38-21(27)4)26(23)37-25(18)16-31(5)15-22-10-7-6-8-11-22/h6-13,18-19,25,30,33H,14-17H2,1-5H3/t18-,19+,25-/m0/s1. The van der Waals surface area contributed by atoms with Crippen molar-refractivity contribution in [2.75, 3.05) is 31.5 Å². The van der Waals surface area contributed by atoms with Gasteiger partial charge in [-0.05, 0) is 45.5 Å². The Morgan fingerprint density at radius 2 is 1.90 bits per heavy atom. The Hall–Kier alpha value is -3.41. The molecule has 0 saturated heterocycles. The number of aryl methyl sites for hydroxylation is 2. The molecular weight excluding hydrogens is 520 g/mol. The van der Waals surface area contributed by atoms with E-state index in [1.165, 1.54) is 6.92 Å². The molecule has 1 aliphatic rings. The fourth-order valence-electron chi connectivity index (χ4n) is 4.86. The summed E-state index contributed by atoms with van der Waals surface area (Å²) in [6, 6.07) is 14.4. The highest BCUT2D eigenvalue weighted by atomic mass is 32.2. The zero-order valence-corrected chi connectivity index (χ0v) is 23.7. The van der Waals surface area contributed by atoms with Crippen LogP contribution >= 0.6 is 0 Å². The Kier molecular flexibility index (Phi) is 8.63. The number of ether oxygens (including phenoxy) is 1. The number of likely N-dealkylation sites (N-methyl/N-ethyl adjacent to an activating group) is 1. The Bertz CT molecular complexity index is 1390. The van der Waals surface area contributed by atoms with Crippen molar-refractivity contribution < 1.29 is 27.6 Å². The number of aliphatic hydroxyl groups is 1. The molecule has 2 N–H and O–H groups in total. The third-order valence-electron chi connectivity index (χ3n) is 6.96. The molecule has 39 heavy (non-hydrogen) atoms. The van der Waals surface area contributed by atoms with E-state index in [9.17, 15) is 18.3 Å². The number of carbonyl (C=O) groups is 1. The number of amides is 1. The summed E-state index contributed by atoms with van der Waals surface area (Å²) in [6.07, 6.45) is -0.385. The predicted molar refractivity (Wildman–Crippen MR) is 147 cm³/mol. The van der Waals surface area contributed by atoms with Crippen LogP contribution in [0.5, 0.6) is 5.75 Å². The quantitative estimate of drug-likeness (QED) is 0.411. The van der Waals surface area contributed by atoms with Crippen molar-refractivity contribution in [1.29, 1.82) is 0 Å². The molecule has 0 bridgehead atoms. The van der Waals surface area contributed by atoms with Crippen LogP contribution in [0.1, 0.15) is 41.2 Å². The number of aromatic nitrogens is 1. The van der Waals surface area contributed by atoms with Crippen LogP contribution in [-0.2, 0) is 16.6 Å². The minimum Gasteiger partial charge on any atom is -0.486 e. The van der Waals surface area contributed by atoms with E-state index >= 15 is 0 Å². The molecule has 2 heterocycles. The van der Waals surface area contributed by atoms with Crippen molar-refractivity contribution in [3.8, 4) is 5.75 Å². The van der Waals surface area contributed by atoms with Gasteiger partial charge in [-0.25, -0.2) is 8.42 Å². The van der Waals surface area contributed by atoms with Crippen LogP contribution in [0, 0.1) is 19.8 Å². The van der Waals surface area contributed by atoms with Crippen LogP contribution in [0.15, 0.2) is 57.9 Å². The second-order valence-electron chi connectivity index (χ2n) is 10.2. The Labute approximate surface area is 229 Å². The minimum absolute atomic E-state index is 0.0553. The van der Waals surface area contributed by atoms with Gasteiger partial charge >= 0.3 is 0 Å². The maximum Gasteiger partial charge on any atom is 0.267 e. The van der Waals surface area contributed by atoms with Gasteiger partial charge in [-0.1, -0.05) is 48.5 Å². The van der Waals surface area contributed by atoms with Gasteiger partial charge in [0.15, 0.2) is 16.4 Å². The summed E-state index contributed by atoms with van der Waals surface area (Å²) in [4.78, 5) is 17.4. The van der Waals surface area contributed by atoms with Crippen molar-refractivity contribution in [1.82, 2.24) is 15.0 Å². The lowest BCUT2D eigenvalue weighted by Crippen LogP contribution is -2.49. The van der Waals surface area contributed by atoms with Crippen molar-refractivity contribution >= 4 is 21.6 Å². The third-order valence-corrected chi connectivity index (χ3v) is 8.57. The first kappa shape index (κ1) is 28.6. The molecule has 210 valence electrons. The number of nitrogens with zero attached hydrogens (tertiary/aromatic N) is 3. The van der Waals surface area contributed by atoms with Gasteiger partial charge < -0.3 is 19.3 Å². The Balaban J connectivity index is 1.73. The van der Waals surface area contributed by atoms with Gasteiger partial charge in [-0.3, -0.25) is 14.4 Å². The predicted octanol–water partition coefficient (Wildman–Crippen LogP) is 3.44. The highest BCUT2D eigenvalue weighted by molar-refractivity contribution is 7.92. The van der Waals surface area contributed by atoms with E-state index in [1.54, 1.807) is 36.9 Å². The van der Waals surface area contributed by atoms with Gasteiger partial charge in [-0.15, -0.1) is 0 Å². The van der Waals surface area contributed by atoms with E-state index in [0.29, 0.717) is 19.6 Å². The van der Waals surface area contributed by atoms with Gasteiger partial charge in [0.05, 0.1) is 23.9 Å². The number of fused-ring (bicyclic) bond motifs is 1. The van der Waals surface area contributed by atoms with Crippen molar-refractivity contribution in [2.45, 2.75) is 51.3 Å². The molecule has 4 rings (SSSR count).